The summed E-state index contributed by atoms with van der Waals surface area (Å²) in [5, 5.41) is 7.96. The molecule has 6 nitrogen and oxygen atoms in total. The molecule has 0 fully saturated rings. The van der Waals surface area contributed by atoms with Crippen molar-refractivity contribution in [1.29, 1.82) is 0 Å². The Morgan fingerprint density at radius 3 is 1.92 bits per heavy atom. The van der Waals surface area contributed by atoms with Gasteiger partial charge in [-0.3, -0.25) is 14.4 Å². The molecule has 0 heterocycles. The zero-order valence-electron chi connectivity index (χ0n) is 14.2. The van der Waals surface area contributed by atoms with Crippen molar-refractivity contribution < 1.29 is 14.4 Å². The summed E-state index contributed by atoms with van der Waals surface area (Å²) < 4.78 is 0. The topological polar surface area (TPSA) is 87.3 Å². The first-order valence-electron chi connectivity index (χ1n) is 7.99. The van der Waals surface area contributed by atoms with Crippen molar-refractivity contribution in [2.45, 2.75) is 20.0 Å². The maximum absolute atomic E-state index is 12.2. The summed E-state index contributed by atoms with van der Waals surface area (Å²) in [4.78, 5) is 36.3. The number of hydrogen-bond acceptors (Lipinski definition) is 3. The van der Waals surface area contributed by atoms with Crippen LogP contribution in [-0.4, -0.2) is 23.9 Å². The highest BCUT2D eigenvalue weighted by atomic mass is 16.2. The molecule has 0 spiro atoms. The molecule has 3 amide bonds. The Morgan fingerprint density at radius 1 is 0.760 bits per heavy atom. The van der Waals surface area contributed by atoms with Crippen LogP contribution in [0.5, 0.6) is 0 Å². The van der Waals surface area contributed by atoms with Gasteiger partial charge in [0.1, 0.15) is 5.92 Å². The molecule has 0 radical (unpaired) electrons. The van der Waals surface area contributed by atoms with E-state index >= 15 is 0 Å². The molecule has 0 bridgehead atoms. The lowest BCUT2D eigenvalue weighted by Gasteiger charge is -2.18. The normalized spacial score (nSPS) is 12.6. The monoisotopic (exact) mass is 339 g/mol. The van der Waals surface area contributed by atoms with Crippen LogP contribution in [0.4, 0.5) is 5.69 Å². The SMILES string of the molecule is CC(NC(=O)c1ccccc1)NC(=O)C(C)C(=O)Nc1ccccc1. The van der Waals surface area contributed by atoms with Gasteiger partial charge in [-0.25, -0.2) is 0 Å². The fraction of sp³-hybridized carbons (Fsp3) is 0.211. The molecule has 2 atom stereocenters. The van der Waals surface area contributed by atoms with E-state index in [9.17, 15) is 14.4 Å². The minimum absolute atomic E-state index is 0.296. The van der Waals surface area contributed by atoms with Crippen LogP contribution in [0.25, 0.3) is 0 Å². The third kappa shape index (κ3) is 5.46. The highest BCUT2D eigenvalue weighted by Crippen LogP contribution is 2.08. The minimum Gasteiger partial charge on any atom is -0.336 e. The Labute approximate surface area is 146 Å². The summed E-state index contributed by atoms with van der Waals surface area (Å²) in [6.07, 6.45) is -0.604. The minimum atomic E-state index is -0.892. The summed E-state index contributed by atoms with van der Waals surface area (Å²) in [6.45, 7) is 3.15. The summed E-state index contributed by atoms with van der Waals surface area (Å²) >= 11 is 0. The third-order valence-electron chi connectivity index (χ3n) is 3.57. The standard InChI is InChI=1S/C19H21N3O3/c1-13(18(24)22-16-11-7-4-8-12-16)17(23)20-14(2)21-19(25)15-9-5-3-6-10-15/h3-14H,1-2H3,(H,20,23)(H,21,25)(H,22,24). The van der Waals surface area contributed by atoms with Crippen LogP contribution in [0, 0.1) is 5.92 Å². The molecule has 0 saturated heterocycles. The number of benzene rings is 2. The summed E-state index contributed by atoms with van der Waals surface area (Å²) in [5.41, 5.74) is 1.12. The van der Waals surface area contributed by atoms with E-state index < -0.39 is 23.9 Å². The van der Waals surface area contributed by atoms with Crippen molar-refractivity contribution in [3.05, 3.63) is 66.2 Å². The van der Waals surface area contributed by atoms with E-state index in [-0.39, 0.29) is 5.91 Å². The molecule has 2 unspecified atom stereocenters. The fourth-order valence-electron chi connectivity index (χ4n) is 2.14. The smallest absolute Gasteiger partial charge is 0.252 e. The molecule has 0 aromatic heterocycles. The molecular weight excluding hydrogens is 318 g/mol. The van der Waals surface area contributed by atoms with Crippen LogP contribution in [0.15, 0.2) is 60.7 Å². The number of anilines is 1. The number of carbonyl (C=O) groups excluding carboxylic acids is 3. The molecule has 6 heteroatoms. The molecule has 2 aromatic carbocycles. The van der Waals surface area contributed by atoms with E-state index in [1.165, 1.54) is 6.92 Å². The van der Waals surface area contributed by atoms with Crippen LogP contribution in [-0.2, 0) is 9.59 Å². The average molecular weight is 339 g/mol. The van der Waals surface area contributed by atoms with Crippen molar-refractivity contribution in [2.75, 3.05) is 5.32 Å². The second-order valence-corrected chi connectivity index (χ2v) is 5.65. The molecule has 130 valence electrons. The molecule has 0 aliphatic rings. The average Bonchev–Trinajstić information content (AvgIpc) is 2.62. The zero-order valence-corrected chi connectivity index (χ0v) is 14.2. The van der Waals surface area contributed by atoms with Crippen LogP contribution in [0.3, 0.4) is 0 Å². The fourth-order valence-corrected chi connectivity index (χ4v) is 2.14. The molecule has 0 aliphatic heterocycles. The van der Waals surface area contributed by atoms with Crippen molar-refractivity contribution in [3.63, 3.8) is 0 Å². The van der Waals surface area contributed by atoms with E-state index in [0.717, 1.165) is 0 Å². The third-order valence-corrected chi connectivity index (χ3v) is 3.57. The lowest BCUT2D eigenvalue weighted by molar-refractivity contribution is -0.132. The number of para-hydroxylation sites is 1. The van der Waals surface area contributed by atoms with Gasteiger partial charge in [0, 0.05) is 11.3 Å². The van der Waals surface area contributed by atoms with E-state index in [1.807, 2.05) is 12.1 Å². The number of hydrogen-bond donors (Lipinski definition) is 3. The van der Waals surface area contributed by atoms with Gasteiger partial charge in [-0.2, -0.15) is 0 Å². The maximum atomic E-state index is 12.2. The van der Waals surface area contributed by atoms with Gasteiger partial charge >= 0.3 is 0 Å². The van der Waals surface area contributed by atoms with Gasteiger partial charge in [-0.1, -0.05) is 36.4 Å². The van der Waals surface area contributed by atoms with Crippen molar-refractivity contribution >= 4 is 23.4 Å². The van der Waals surface area contributed by atoms with E-state index in [0.29, 0.717) is 11.3 Å². The Kier molecular flexibility index (Phi) is 6.28. The maximum Gasteiger partial charge on any atom is 0.252 e. The predicted octanol–water partition coefficient (Wildman–Crippen LogP) is 2.15. The Morgan fingerprint density at radius 2 is 1.32 bits per heavy atom. The lowest BCUT2D eigenvalue weighted by atomic mass is 10.1. The van der Waals surface area contributed by atoms with Gasteiger partial charge in [-0.15, -0.1) is 0 Å². The molecule has 3 N–H and O–H groups in total. The Bertz CT molecular complexity index is 732. The van der Waals surface area contributed by atoms with Crippen molar-refractivity contribution in [1.82, 2.24) is 10.6 Å². The van der Waals surface area contributed by atoms with E-state index in [4.69, 9.17) is 0 Å². The Hall–Kier alpha value is -3.15. The first kappa shape index (κ1) is 18.2. The molecule has 0 aliphatic carbocycles. The molecule has 25 heavy (non-hydrogen) atoms. The summed E-state index contributed by atoms with van der Waals surface area (Å²) in [6, 6.07) is 17.6. The molecule has 0 saturated carbocycles. The van der Waals surface area contributed by atoms with E-state index in [1.54, 1.807) is 55.5 Å². The quantitative estimate of drug-likeness (QED) is 0.557. The first-order chi connectivity index (χ1) is 12.0. The van der Waals surface area contributed by atoms with Crippen LogP contribution < -0.4 is 16.0 Å². The zero-order chi connectivity index (χ0) is 18.2. The summed E-state index contributed by atoms with van der Waals surface area (Å²) in [7, 11) is 0. The molecule has 2 aromatic rings. The highest BCUT2D eigenvalue weighted by Gasteiger charge is 2.23. The number of rotatable bonds is 6. The van der Waals surface area contributed by atoms with Gasteiger partial charge in [-0.05, 0) is 38.1 Å². The number of amides is 3. The number of carbonyl (C=O) groups is 3. The highest BCUT2D eigenvalue weighted by molar-refractivity contribution is 6.06. The van der Waals surface area contributed by atoms with Gasteiger partial charge in [0.15, 0.2) is 0 Å². The van der Waals surface area contributed by atoms with E-state index in [2.05, 4.69) is 16.0 Å². The Balaban J connectivity index is 1.85. The van der Waals surface area contributed by atoms with Crippen LogP contribution >= 0.6 is 0 Å². The summed E-state index contributed by atoms with van der Waals surface area (Å²) in [5.74, 6) is -2.06. The van der Waals surface area contributed by atoms with Gasteiger partial charge in [0.2, 0.25) is 11.8 Å². The van der Waals surface area contributed by atoms with Crippen molar-refractivity contribution in [2.24, 2.45) is 5.92 Å². The van der Waals surface area contributed by atoms with Crippen LogP contribution in [0.1, 0.15) is 24.2 Å². The molecular formula is C19H21N3O3. The number of nitrogens with one attached hydrogen (secondary N) is 3. The van der Waals surface area contributed by atoms with Gasteiger partial charge in [0.05, 0.1) is 6.17 Å². The van der Waals surface area contributed by atoms with Crippen LogP contribution in [0.2, 0.25) is 0 Å². The van der Waals surface area contributed by atoms with Gasteiger partial charge < -0.3 is 16.0 Å². The predicted molar refractivity (Wildman–Crippen MR) is 95.7 cm³/mol. The van der Waals surface area contributed by atoms with Gasteiger partial charge in [0.25, 0.3) is 5.91 Å². The van der Waals surface area contributed by atoms with Crippen molar-refractivity contribution in [3.8, 4) is 0 Å². The second kappa shape index (κ2) is 8.63. The lowest BCUT2D eigenvalue weighted by Crippen LogP contribution is -2.49. The largest absolute Gasteiger partial charge is 0.336 e. The first-order valence-corrected chi connectivity index (χ1v) is 7.99. The molecule has 2 rings (SSSR count). The second-order valence-electron chi connectivity index (χ2n) is 5.65.